The van der Waals surface area contributed by atoms with Crippen molar-refractivity contribution in [3.05, 3.63) is 77.6 Å². The van der Waals surface area contributed by atoms with Crippen LogP contribution in [-0.2, 0) is 27.3 Å². The van der Waals surface area contributed by atoms with Crippen LogP contribution in [0, 0.1) is 11.6 Å². The molecule has 6 heterocycles. The van der Waals surface area contributed by atoms with Gasteiger partial charge in [-0.1, -0.05) is 6.58 Å². The van der Waals surface area contributed by atoms with E-state index in [-0.39, 0.29) is 48.8 Å². The van der Waals surface area contributed by atoms with Gasteiger partial charge >= 0.3 is 0 Å². The predicted octanol–water partition coefficient (Wildman–Crippen LogP) is 5.80. The van der Waals surface area contributed by atoms with Gasteiger partial charge in [-0.3, -0.25) is 19.3 Å². The topological polar surface area (TPSA) is 103 Å². The van der Waals surface area contributed by atoms with Crippen molar-refractivity contribution in [1.29, 1.82) is 0 Å². The van der Waals surface area contributed by atoms with E-state index in [9.17, 15) is 14.0 Å². The number of hydrogen-bond donors (Lipinski definition) is 0. The van der Waals surface area contributed by atoms with Crippen LogP contribution < -0.4 is 9.64 Å². The Hall–Kier alpha value is -5.01. The first-order valence-electron chi connectivity index (χ1n) is 15.0. The van der Waals surface area contributed by atoms with E-state index in [2.05, 4.69) is 11.6 Å². The van der Waals surface area contributed by atoms with Gasteiger partial charge in [0.05, 0.1) is 53.9 Å². The Balaban J connectivity index is 1.49. The van der Waals surface area contributed by atoms with Crippen molar-refractivity contribution in [3.8, 4) is 39.5 Å². The molecule has 1 atom stereocenters. The first kappa shape index (κ1) is 30.6. The zero-order valence-electron chi connectivity index (χ0n) is 25.9. The Morgan fingerprint density at radius 2 is 1.98 bits per heavy atom. The number of benzene rings is 1. The van der Waals surface area contributed by atoms with Gasteiger partial charge in [0.15, 0.2) is 0 Å². The quantitative estimate of drug-likeness (QED) is 0.154. The summed E-state index contributed by atoms with van der Waals surface area (Å²) in [5, 5.41) is 7.50. The fourth-order valence-corrected chi connectivity index (χ4v) is 7.22. The summed E-state index contributed by atoms with van der Waals surface area (Å²) >= 11 is 1.38. The number of anilines is 1. The van der Waals surface area contributed by atoms with Crippen LogP contribution in [0.25, 0.3) is 43.9 Å². The summed E-state index contributed by atoms with van der Waals surface area (Å²) in [5.74, 6) is -1.84. The Bertz CT molecular complexity index is 2090. The number of ether oxygens (including phenoxy) is 2. The van der Waals surface area contributed by atoms with Gasteiger partial charge in [0.25, 0.3) is 0 Å². The molecule has 0 aliphatic carbocycles. The number of fused-ring (bicyclic) bond motifs is 3. The van der Waals surface area contributed by atoms with Crippen LogP contribution in [0.2, 0.25) is 0 Å². The molecular weight excluding hydrogens is 626 g/mol. The fraction of sp³-hybridized carbons (Fsp3) is 0.265. The highest BCUT2D eigenvalue weighted by Gasteiger charge is 2.32. The minimum absolute atomic E-state index is 0.00415. The van der Waals surface area contributed by atoms with Gasteiger partial charge < -0.3 is 19.3 Å². The molecule has 0 saturated heterocycles. The number of carbonyl (C=O) groups is 2. The molecule has 0 unspecified atom stereocenters. The summed E-state index contributed by atoms with van der Waals surface area (Å²) in [6, 6.07) is 7.29. The van der Waals surface area contributed by atoms with Gasteiger partial charge in [-0.05, 0) is 36.6 Å². The van der Waals surface area contributed by atoms with Gasteiger partial charge in [0.1, 0.15) is 35.4 Å². The van der Waals surface area contributed by atoms with E-state index in [1.807, 2.05) is 35.2 Å². The van der Waals surface area contributed by atoms with Gasteiger partial charge in [0, 0.05) is 60.2 Å². The van der Waals surface area contributed by atoms with Crippen LogP contribution in [0.3, 0.4) is 0 Å². The molecule has 0 fully saturated rings. The molecule has 2 aliphatic rings. The van der Waals surface area contributed by atoms with E-state index in [1.54, 1.807) is 23.0 Å². The lowest BCUT2D eigenvalue weighted by Gasteiger charge is -2.33. The van der Waals surface area contributed by atoms with E-state index >= 15 is 4.39 Å². The van der Waals surface area contributed by atoms with E-state index in [1.165, 1.54) is 24.5 Å². The zero-order valence-corrected chi connectivity index (χ0v) is 26.7. The molecule has 4 aromatic heterocycles. The maximum atomic E-state index is 16.1. The Kier molecular flexibility index (Phi) is 7.80. The largest absolute Gasteiger partial charge is 0.490 e. The standard InChI is InChI=1S/C34H30F2N6O4S/c1-5-28(43)41-7-8-42-25(18(41)2)15-24(39-42)33-31(30-22(36)13-20(35)14-27(30)46-10-9-45-4)34-21(6-11-47-34)32(38-33)19-12-26-23(37-17-19)16-29(44)40(26)3/h5-6,11-15,17-18H,1,7-10,16H2,2-4H3/t18-/m1/s1. The minimum Gasteiger partial charge on any atom is -0.490 e. The molecule has 7 rings (SSSR count). The summed E-state index contributed by atoms with van der Waals surface area (Å²) in [6.45, 7) is 6.70. The van der Waals surface area contributed by atoms with Gasteiger partial charge in [-0.2, -0.15) is 5.10 Å². The molecule has 47 heavy (non-hydrogen) atoms. The molecule has 0 bridgehead atoms. The SMILES string of the molecule is C=CC(=O)N1CCn2nc(-c3nc(-c4cnc5c(c4)N(C)C(=O)C5)c4ccsc4c3-c3c(F)cc(F)cc3OCCOC)cc2[C@H]1C. The number of rotatable bonds is 8. The molecule has 5 aromatic rings. The van der Waals surface area contributed by atoms with Crippen LogP contribution in [0.4, 0.5) is 14.5 Å². The average Bonchev–Trinajstić information content (AvgIpc) is 3.78. The summed E-state index contributed by atoms with van der Waals surface area (Å²) in [7, 11) is 3.22. The molecule has 0 N–H and O–H groups in total. The Morgan fingerprint density at radius 1 is 1.15 bits per heavy atom. The van der Waals surface area contributed by atoms with E-state index in [4.69, 9.17) is 19.6 Å². The van der Waals surface area contributed by atoms with E-state index in [0.717, 1.165) is 17.8 Å². The van der Waals surface area contributed by atoms with Crippen LogP contribution in [-0.4, -0.2) is 70.4 Å². The van der Waals surface area contributed by atoms with E-state index in [0.29, 0.717) is 62.8 Å². The number of thiophene rings is 1. The predicted molar refractivity (Wildman–Crippen MR) is 174 cm³/mol. The minimum atomic E-state index is -0.817. The number of halogens is 2. The molecule has 0 spiro atoms. The van der Waals surface area contributed by atoms with Crippen molar-refractivity contribution in [3.63, 3.8) is 0 Å². The molecular formula is C34H30F2N6O4S. The maximum Gasteiger partial charge on any atom is 0.246 e. The van der Waals surface area contributed by atoms with Gasteiger partial charge in [-0.25, -0.2) is 13.8 Å². The number of aromatic nitrogens is 4. The molecule has 1 aromatic carbocycles. The molecule has 13 heteroatoms. The number of amides is 2. The monoisotopic (exact) mass is 656 g/mol. The number of hydrogen-bond acceptors (Lipinski definition) is 8. The fourth-order valence-electron chi connectivity index (χ4n) is 6.27. The third-order valence-corrected chi connectivity index (χ3v) is 9.59. The summed E-state index contributed by atoms with van der Waals surface area (Å²) < 4.78 is 44.2. The lowest BCUT2D eigenvalue weighted by molar-refractivity contribution is -0.129. The molecule has 0 radical (unpaired) electrons. The molecule has 0 saturated carbocycles. The van der Waals surface area contributed by atoms with Crippen LogP contribution in [0.15, 0.2) is 54.6 Å². The van der Waals surface area contributed by atoms with Crippen molar-refractivity contribution in [1.82, 2.24) is 24.6 Å². The van der Waals surface area contributed by atoms with Crippen LogP contribution in [0.5, 0.6) is 5.75 Å². The highest BCUT2D eigenvalue weighted by atomic mass is 32.1. The third kappa shape index (κ3) is 5.15. The van der Waals surface area contributed by atoms with Crippen molar-refractivity contribution in [2.45, 2.75) is 25.9 Å². The first-order chi connectivity index (χ1) is 22.7. The second-order valence-corrected chi connectivity index (χ2v) is 12.3. The third-order valence-electron chi connectivity index (χ3n) is 8.66. The maximum absolute atomic E-state index is 16.1. The number of pyridine rings is 2. The lowest BCUT2D eigenvalue weighted by Crippen LogP contribution is -2.40. The Morgan fingerprint density at radius 3 is 2.77 bits per heavy atom. The lowest BCUT2D eigenvalue weighted by atomic mass is 9.96. The number of likely N-dealkylation sites (N-methyl/N-ethyl adjacent to an activating group) is 1. The number of methoxy groups -OCH3 is 1. The average molecular weight is 657 g/mol. The smallest absolute Gasteiger partial charge is 0.246 e. The number of nitrogens with zero attached hydrogens (tertiary/aromatic N) is 6. The number of carbonyl (C=O) groups excluding carboxylic acids is 2. The van der Waals surface area contributed by atoms with Gasteiger partial charge in [-0.15, -0.1) is 11.3 Å². The van der Waals surface area contributed by atoms with Crippen LogP contribution >= 0.6 is 11.3 Å². The first-order valence-corrected chi connectivity index (χ1v) is 15.9. The van der Waals surface area contributed by atoms with Crippen molar-refractivity contribution in [2.24, 2.45) is 0 Å². The summed E-state index contributed by atoms with van der Waals surface area (Å²) in [6.07, 6.45) is 3.19. The summed E-state index contributed by atoms with van der Waals surface area (Å²) in [5.41, 5.74) is 4.61. The Labute approximate surface area is 272 Å². The zero-order chi connectivity index (χ0) is 33.0. The normalized spacial score (nSPS) is 15.7. The highest BCUT2D eigenvalue weighted by Crippen LogP contribution is 2.47. The molecule has 10 nitrogen and oxygen atoms in total. The summed E-state index contributed by atoms with van der Waals surface area (Å²) in [4.78, 5) is 38.1. The second kappa shape index (κ2) is 12.0. The van der Waals surface area contributed by atoms with Crippen LogP contribution in [0.1, 0.15) is 24.4 Å². The molecule has 2 amide bonds. The molecule has 240 valence electrons. The molecule has 2 aliphatic heterocycles. The van der Waals surface area contributed by atoms with Gasteiger partial charge in [0.2, 0.25) is 11.8 Å². The highest BCUT2D eigenvalue weighted by molar-refractivity contribution is 7.18. The van der Waals surface area contributed by atoms with E-state index < -0.39 is 11.6 Å². The second-order valence-electron chi connectivity index (χ2n) is 11.4. The van der Waals surface area contributed by atoms with Crippen molar-refractivity contribution < 1.29 is 27.8 Å². The van der Waals surface area contributed by atoms with Crippen molar-refractivity contribution in [2.75, 3.05) is 38.8 Å². The van der Waals surface area contributed by atoms with Crippen molar-refractivity contribution >= 4 is 38.9 Å².